The predicted octanol–water partition coefficient (Wildman–Crippen LogP) is 2.20. The number of nitrogens with two attached hydrogens (primary N) is 1. The van der Waals surface area contributed by atoms with Gasteiger partial charge in [-0.25, -0.2) is 9.80 Å². The quantitative estimate of drug-likeness (QED) is 0.603. The SMILES string of the molecule is CC(C)(C)[Si](C)(C)OC1CN(N)C1.O=C(O)C(F)(F)F. The van der Waals surface area contributed by atoms with Crippen LogP contribution in [0.25, 0.3) is 0 Å². The van der Waals surface area contributed by atoms with Crippen molar-refractivity contribution in [3.63, 3.8) is 0 Å². The fourth-order valence-corrected chi connectivity index (χ4v) is 2.47. The molecule has 20 heavy (non-hydrogen) atoms. The van der Waals surface area contributed by atoms with Gasteiger partial charge in [0.15, 0.2) is 8.32 Å². The van der Waals surface area contributed by atoms with Gasteiger partial charge in [0.05, 0.1) is 6.10 Å². The van der Waals surface area contributed by atoms with E-state index in [1.54, 1.807) is 5.01 Å². The van der Waals surface area contributed by atoms with Crippen LogP contribution >= 0.6 is 0 Å². The molecule has 1 saturated heterocycles. The largest absolute Gasteiger partial charge is 0.490 e. The number of alkyl halides is 3. The maximum Gasteiger partial charge on any atom is 0.490 e. The first-order chi connectivity index (χ1) is 8.67. The van der Waals surface area contributed by atoms with Gasteiger partial charge in [-0.2, -0.15) is 13.2 Å². The van der Waals surface area contributed by atoms with Crippen LogP contribution in [-0.4, -0.2) is 49.8 Å². The van der Waals surface area contributed by atoms with E-state index in [2.05, 4.69) is 33.9 Å². The molecule has 0 aromatic heterocycles. The lowest BCUT2D eigenvalue weighted by molar-refractivity contribution is -0.192. The van der Waals surface area contributed by atoms with Crippen molar-refractivity contribution >= 4 is 14.3 Å². The van der Waals surface area contributed by atoms with Crippen molar-refractivity contribution in [2.45, 2.75) is 51.2 Å². The summed E-state index contributed by atoms with van der Waals surface area (Å²) in [6.45, 7) is 13.1. The summed E-state index contributed by atoms with van der Waals surface area (Å²) < 4.78 is 37.9. The van der Waals surface area contributed by atoms with Gasteiger partial charge >= 0.3 is 12.1 Å². The Balaban J connectivity index is 0.000000441. The average molecular weight is 316 g/mol. The van der Waals surface area contributed by atoms with Gasteiger partial charge in [-0.1, -0.05) is 20.8 Å². The van der Waals surface area contributed by atoms with Gasteiger partial charge < -0.3 is 9.53 Å². The van der Waals surface area contributed by atoms with Gasteiger partial charge in [-0.15, -0.1) is 0 Å². The maximum absolute atomic E-state index is 10.6. The van der Waals surface area contributed by atoms with E-state index >= 15 is 0 Å². The molecule has 120 valence electrons. The lowest BCUT2D eigenvalue weighted by atomic mass is 10.2. The summed E-state index contributed by atoms with van der Waals surface area (Å²) in [4.78, 5) is 8.90. The highest BCUT2D eigenvalue weighted by Crippen LogP contribution is 2.37. The molecule has 0 amide bonds. The van der Waals surface area contributed by atoms with Crippen molar-refractivity contribution in [1.82, 2.24) is 5.01 Å². The minimum Gasteiger partial charge on any atom is -0.475 e. The van der Waals surface area contributed by atoms with Crippen molar-refractivity contribution in [2.24, 2.45) is 5.84 Å². The third-order valence-electron chi connectivity index (χ3n) is 3.39. The Bertz CT molecular complexity index is 337. The van der Waals surface area contributed by atoms with Crippen LogP contribution in [0.5, 0.6) is 0 Å². The number of carbonyl (C=O) groups is 1. The van der Waals surface area contributed by atoms with Gasteiger partial charge in [0, 0.05) is 13.1 Å². The van der Waals surface area contributed by atoms with Gasteiger partial charge in [0.1, 0.15) is 0 Å². The number of aliphatic carboxylic acids is 1. The molecule has 0 radical (unpaired) electrons. The average Bonchev–Trinajstić information content (AvgIpc) is 2.12. The number of rotatable bonds is 2. The van der Waals surface area contributed by atoms with Gasteiger partial charge in [-0.05, 0) is 18.1 Å². The van der Waals surface area contributed by atoms with E-state index in [4.69, 9.17) is 20.2 Å². The van der Waals surface area contributed by atoms with Crippen LogP contribution in [0.4, 0.5) is 13.2 Å². The summed E-state index contributed by atoms with van der Waals surface area (Å²) >= 11 is 0. The zero-order chi connectivity index (χ0) is 16.4. The standard InChI is InChI=1S/C9H22N2OSi.C2HF3O2/c1-9(2,3)13(4,5)12-8-6-11(10)7-8;3-2(4,5)1(6)7/h8H,6-7,10H2,1-5H3;(H,6,7). The predicted molar refractivity (Wildman–Crippen MR) is 71.5 cm³/mol. The number of hydrogen-bond donors (Lipinski definition) is 2. The zero-order valence-corrected chi connectivity index (χ0v) is 13.4. The normalized spacial score (nSPS) is 18.1. The Morgan fingerprint density at radius 3 is 1.85 bits per heavy atom. The van der Waals surface area contributed by atoms with Crippen molar-refractivity contribution in [1.29, 1.82) is 0 Å². The molecule has 0 saturated carbocycles. The molecular weight excluding hydrogens is 293 g/mol. The summed E-state index contributed by atoms with van der Waals surface area (Å²) in [5.41, 5.74) is 0. The molecule has 0 aromatic carbocycles. The second kappa shape index (κ2) is 6.42. The summed E-state index contributed by atoms with van der Waals surface area (Å²) in [6.07, 6.45) is -4.70. The van der Waals surface area contributed by atoms with Gasteiger partial charge in [0.2, 0.25) is 0 Å². The van der Waals surface area contributed by atoms with Crippen LogP contribution in [0.3, 0.4) is 0 Å². The lowest BCUT2D eigenvalue weighted by Gasteiger charge is -2.44. The lowest BCUT2D eigenvalue weighted by Crippen LogP contribution is -2.60. The summed E-state index contributed by atoms with van der Waals surface area (Å²) in [6, 6.07) is 0. The molecule has 1 fully saturated rings. The van der Waals surface area contributed by atoms with Crippen LogP contribution in [0.15, 0.2) is 0 Å². The first-order valence-electron chi connectivity index (χ1n) is 6.14. The highest BCUT2D eigenvalue weighted by molar-refractivity contribution is 6.74. The molecule has 0 aliphatic carbocycles. The molecule has 3 N–H and O–H groups in total. The third-order valence-corrected chi connectivity index (χ3v) is 7.92. The minimum absolute atomic E-state index is 0.308. The van der Waals surface area contributed by atoms with Crippen molar-refractivity contribution in [3.05, 3.63) is 0 Å². The molecule has 1 heterocycles. The van der Waals surface area contributed by atoms with Crippen LogP contribution in [0.1, 0.15) is 20.8 Å². The molecule has 5 nitrogen and oxygen atoms in total. The van der Waals surface area contributed by atoms with E-state index in [9.17, 15) is 13.2 Å². The number of nitrogens with zero attached hydrogens (tertiary/aromatic N) is 1. The topological polar surface area (TPSA) is 75.8 Å². The van der Waals surface area contributed by atoms with E-state index in [1.807, 2.05) is 0 Å². The number of carboxylic acids is 1. The molecule has 0 spiro atoms. The number of hydrazine groups is 1. The summed E-state index contributed by atoms with van der Waals surface area (Å²) in [5, 5.41) is 9.24. The first kappa shape index (κ1) is 19.4. The molecule has 0 bridgehead atoms. The van der Waals surface area contributed by atoms with Crippen LogP contribution in [0.2, 0.25) is 18.1 Å². The summed E-state index contributed by atoms with van der Waals surface area (Å²) in [5.74, 6) is 2.81. The van der Waals surface area contributed by atoms with Gasteiger partial charge in [0.25, 0.3) is 0 Å². The Labute approximate surface area is 118 Å². The highest BCUT2D eigenvalue weighted by Gasteiger charge is 2.41. The fraction of sp³-hybridized carbons (Fsp3) is 0.909. The van der Waals surface area contributed by atoms with Crippen LogP contribution < -0.4 is 5.84 Å². The molecule has 1 aliphatic heterocycles. The molecule has 1 rings (SSSR count). The monoisotopic (exact) mass is 316 g/mol. The molecule has 0 unspecified atom stereocenters. The third kappa shape index (κ3) is 6.20. The van der Waals surface area contributed by atoms with Crippen LogP contribution in [0, 0.1) is 0 Å². The summed E-state index contributed by atoms with van der Waals surface area (Å²) in [7, 11) is -1.55. The molecule has 1 aliphatic rings. The Kier molecular flexibility index (Phi) is 6.21. The smallest absolute Gasteiger partial charge is 0.475 e. The van der Waals surface area contributed by atoms with E-state index < -0.39 is 20.5 Å². The molecule has 0 aromatic rings. The zero-order valence-electron chi connectivity index (χ0n) is 12.4. The highest BCUT2D eigenvalue weighted by atomic mass is 28.4. The Hall–Kier alpha value is -0.643. The number of hydrogen-bond acceptors (Lipinski definition) is 4. The van der Waals surface area contributed by atoms with Crippen LogP contribution in [-0.2, 0) is 9.22 Å². The molecule has 0 atom stereocenters. The molecule has 9 heteroatoms. The second-order valence-corrected chi connectivity index (χ2v) is 11.0. The van der Waals surface area contributed by atoms with E-state index in [0.29, 0.717) is 11.1 Å². The number of halogens is 3. The van der Waals surface area contributed by atoms with Crippen molar-refractivity contribution in [3.8, 4) is 0 Å². The van der Waals surface area contributed by atoms with E-state index in [0.717, 1.165) is 13.1 Å². The minimum atomic E-state index is -5.08. The van der Waals surface area contributed by atoms with Crippen molar-refractivity contribution in [2.75, 3.05) is 13.1 Å². The fourth-order valence-electron chi connectivity index (χ4n) is 1.14. The number of carboxylic acid groups (broad SMARTS) is 1. The van der Waals surface area contributed by atoms with Gasteiger partial charge in [-0.3, -0.25) is 5.84 Å². The van der Waals surface area contributed by atoms with Crippen molar-refractivity contribution < 1.29 is 27.5 Å². The first-order valence-corrected chi connectivity index (χ1v) is 9.05. The Morgan fingerprint density at radius 2 is 1.65 bits per heavy atom. The second-order valence-electron chi connectivity index (χ2n) is 6.26. The van der Waals surface area contributed by atoms with E-state index in [1.165, 1.54) is 0 Å². The molecular formula is C11H23F3N2O3Si. The van der Waals surface area contributed by atoms with E-state index in [-0.39, 0.29) is 0 Å². The Morgan fingerprint density at radius 1 is 1.30 bits per heavy atom. The maximum atomic E-state index is 10.6.